The summed E-state index contributed by atoms with van der Waals surface area (Å²) in [6.07, 6.45) is 8.53. The Kier molecular flexibility index (Phi) is 6.34. The molecule has 1 saturated carbocycles. The van der Waals surface area contributed by atoms with Crippen LogP contribution in [0.2, 0.25) is 0 Å². The summed E-state index contributed by atoms with van der Waals surface area (Å²) in [4.78, 5) is 14.2. The first-order valence-electron chi connectivity index (χ1n) is 7.69. The fraction of sp³-hybridized carbons (Fsp3) is 0.938. The molecule has 0 heterocycles. The van der Waals surface area contributed by atoms with Crippen LogP contribution in [-0.4, -0.2) is 30.3 Å². The Morgan fingerprint density at radius 1 is 1.06 bits per heavy atom. The molecule has 1 aliphatic carbocycles. The van der Waals surface area contributed by atoms with E-state index in [4.69, 9.17) is 0 Å². The first-order valence-corrected chi connectivity index (χ1v) is 7.69. The van der Waals surface area contributed by atoms with Gasteiger partial charge in [0.15, 0.2) is 0 Å². The van der Waals surface area contributed by atoms with Crippen LogP contribution >= 0.6 is 0 Å². The van der Waals surface area contributed by atoms with E-state index in [1.54, 1.807) is 0 Å². The lowest BCUT2D eigenvalue weighted by molar-refractivity contribution is -0.118. The maximum absolute atomic E-state index is 11.7. The minimum absolute atomic E-state index is 0.0599. The van der Waals surface area contributed by atoms with E-state index >= 15 is 0 Å². The Morgan fingerprint density at radius 3 is 2.00 bits per heavy atom. The van der Waals surface area contributed by atoms with Crippen molar-refractivity contribution in [3.05, 3.63) is 0 Å². The van der Waals surface area contributed by atoms with Gasteiger partial charge in [-0.2, -0.15) is 0 Å². The van der Waals surface area contributed by atoms with Crippen LogP contribution in [0.5, 0.6) is 0 Å². The Balaban J connectivity index is 2.70. The summed E-state index contributed by atoms with van der Waals surface area (Å²) in [6, 6.07) is 0.535. The van der Waals surface area contributed by atoms with E-state index < -0.39 is 0 Å². The summed E-state index contributed by atoms with van der Waals surface area (Å²) in [6.45, 7) is 11.1. The molecular weight excluding hydrogens is 222 g/mol. The monoisotopic (exact) mass is 253 g/mol. The van der Waals surface area contributed by atoms with Gasteiger partial charge in [0.2, 0.25) is 0 Å². The summed E-state index contributed by atoms with van der Waals surface area (Å²) in [5.74, 6) is 0.668. The third kappa shape index (κ3) is 4.72. The first kappa shape index (κ1) is 15.7. The number of hydrogen-bond donors (Lipinski definition) is 0. The Bertz CT molecular complexity index is 239. The van der Waals surface area contributed by atoms with Gasteiger partial charge in [0.25, 0.3) is 0 Å². The fourth-order valence-corrected chi connectivity index (χ4v) is 3.08. The quantitative estimate of drug-likeness (QED) is 0.528. The molecule has 2 nitrogen and oxygen atoms in total. The first-order chi connectivity index (χ1) is 8.49. The Morgan fingerprint density at radius 2 is 1.61 bits per heavy atom. The molecule has 0 spiro atoms. The van der Waals surface area contributed by atoms with Crippen LogP contribution in [0.1, 0.15) is 66.2 Å². The molecule has 0 aromatic carbocycles. The van der Waals surface area contributed by atoms with Gasteiger partial charge in [0.05, 0.1) is 0 Å². The molecule has 0 aromatic heterocycles. The number of aldehydes is 1. The lowest BCUT2D eigenvalue weighted by atomic mass is 9.81. The van der Waals surface area contributed by atoms with Crippen molar-refractivity contribution in [3.8, 4) is 0 Å². The predicted octanol–water partition coefficient (Wildman–Crippen LogP) is 3.89. The summed E-state index contributed by atoms with van der Waals surface area (Å²) < 4.78 is 0. The zero-order valence-corrected chi connectivity index (χ0v) is 12.7. The van der Waals surface area contributed by atoms with Gasteiger partial charge in [-0.15, -0.1) is 0 Å². The van der Waals surface area contributed by atoms with Crippen LogP contribution in [0.25, 0.3) is 0 Å². The van der Waals surface area contributed by atoms with Gasteiger partial charge in [-0.1, -0.05) is 39.5 Å². The molecule has 1 aliphatic rings. The van der Waals surface area contributed by atoms with Gasteiger partial charge < -0.3 is 4.79 Å². The van der Waals surface area contributed by atoms with Gasteiger partial charge in [0, 0.05) is 24.5 Å². The largest absolute Gasteiger partial charge is 0.303 e. The molecule has 0 aromatic rings. The summed E-state index contributed by atoms with van der Waals surface area (Å²) in [5, 5.41) is 0. The van der Waals surface area contributed by atoms with E-state index in [9.17, 15) is 4.79 Å². The highest BCUT2D eigenvalue weighted by Crippen LogP contribution is 2.34. The van der Waals surface area contributed by atoms with Crippen LogP contribution < -0.4 is 0 Å². The van der Waals surface area contributed by atoms with Crippen LogP contribution in [0.15, 0.2) is 0 Å². The standard InChI is InChI=1S/C16H31NO/c1-14(2)11-17(15(3)4)12-16(13-18)9-7-5-6-8-10-16/h13-15H,5-12H2,1-4H3. The lowest BCUT2D eigenvalue weighted by Crippen LogP contribution is -2.44. The average Bonchev–Trinajstić information content (AvgIpc) is 2.54. The number of rotatable bonds is 6. The lowest BCUT2D eigenvalue weighted by Gasteiger charge is -2.37. The van der Waals surface area contributed by atoms with E-state index in [1.165, 1.54) is 32.0 Å². The highest BCUT2D eigenvalue weighted by molar-refractivity contribution is 5.59. The highest BCUT2D eigenvalue weighted by atomic mass is 16.1. The smallest absolute Gasteiger partial charge is 0.127 e. The predicted molar refractivity (Wildman–Crippen MR) is 77.7 cm³/mol. The zero-order valence-electron chi connectivity index (χ0n) is 12.7. The Hall–Kier alpha value is -0.370. The zero-order chi connectivity index (χ0) is 13.6. The molecule has 106 valence electrons. The summed E-state index contributed by atoms with van der Waals surface area (Å²) in [7, 11) is 0. The highest BCUT2D eigenvalue weighted by Gasteiger charge is 2.33. The fourth-order valence-electron chi connectivity index (χ4n) is 3.08. The third-order valence-corrected chi connectivity index (χ3v) is 4.20. The minimum Gasteiger partial charge on any atom is -0.303 e. The van der Waals surface area contributed by atoms with Crippen molar-refractivity contribution in [1.29, 1.82) is 0 Å². The molecule has 0 unspecified atom stereocenters. The van der Waals surface area contributed by atoms with Crippen molar-refractivity contribution in [2.45, 2.75) is 72.3 Å². The average molecular weight is 253 g/mol. The van der Waals surface area contributed by atoms with Crippen molar-refractivity contribution < 1.29 is 4.79 Å². The Labute approximate surface area is 113 Å². The molecule has 18 heavy (non-hydrogen) atoms. The van der Waals surface area contributed by atoms with Crippen molar-refractivity contribution in [3.63, 3.8) is 0 Å². The second kappa shape index (κ2) is 7.28. The van der Waals surface area contributed by atoms with E-state index in [0.29, 0.717) is 12.0 Å². The van der Waals surface area contributed by atoms with Crippen molar-refractivity contribution in [2.75, 3.05) is 13.1 Å². The van der Waals surface area contributed by atoms with Crippen molar-refractivity contribution >= 4 is 6.29 Å². The van der Waals surface area contributed by atoms with Gasteiger partial charge in [-0.3, -0.25) is 4.90 Å². The van der Waals surface area contributed by atoms with Crippen LogP contribution in [0, 0.1) is 11.3 Å². The van der Waals surface area contributed by atoms with E-state index in [-0.39, 0.29) is 5.41 Å². The molecule has 0 aliphatic heterocycles. The van der Waals surface area contributed by atoms with Crippen LogP contribution in [0.3, 0.4) is 0 Å². The molecule has 0 N–H and O–H groups in total. The van der Waals surface area contributed by atoms with E-state index in [2.05, 4.69) is 32.6 Å². The van der Waals surface area contributed by atoms with Crippen LogP contribution in [0.4, 0.5) is 0 Å². The number of nitrogens with zero attached hydrogens (tertiary/aromatic N) is 1. The molecule has 1 rings (SSSR count). The third-order valence-electron chi connectivity index (χ3n) is 4.20. The second-order valence-corrected chi connectivity index (χ2v) is 6.81. The number of hydrogen-bond acceptors (Lipinski definition) is 2. The van der Waals surface area contributed by atoms with Crippen molar-refractivity contribution in [2.24, 2.45) is 11.3 Å². The minimum atomic E-state index is -0.0599. The van der Waals surface area contributed by atoms with Gasteiger partial charge >= 0.3 is 0 Å². The van der Waals surface area contributed by atoms with Gasteiger partial charge in [-0.25, -0.2) is 0 Å². The van der Waals surface area contributed by atoms with Gasteiger partial charge in [0.1, 0.15) is 6.29 Å². The molecular formula is C16H31NO. The van der Waals surface area contributed by atoms with E-state index in [1.807, 2.05) is 0 Å². The molecule has 1 fully saturated rings. The van der Waals surface area contributed by atoms with Crippen LogP contribution in [-0.2, 0) is 4.79 Å². The van der Waals surface area contributed by atoms with E-state index in [0.717, 1.165) is 25.9 Å². The maximum atomic E-state index is 11.7. The SMILES string of the molecule is CC(C)CN(CC1(C=O)CCCCCC1)C(C)C. The molecule has 0 saturated heterocycles. The summed E-state index contributed by atoms with van der Waals surface area (Å²) in [5.41, 5.74) is -0.0599. The molecule has 2 heteroatoms. The second-order valence-electron chi connectivity index (χ2n) is 6.81. The summed E-state index contributed by atoms with van der Waals surface area (Å²) >= 11 is 0. The number of carbonyl (C=O) groups excluding carboxylic acids is 1. The molecule has 0 radical (unpaired) electrons. The molecule has 0 atom stereocenters. The van der Waals surface area contributed by atoms with Gasteiger partial charge in [-0.05, 0) is 32.6 Å². The number of carbonyl (C=O) groups is 1. The molecule has 0 amide bonds. The maximum Gasteiger partial charge on any atom is 0.127 e. The molecule has 0 bridgehead atoms. The van der Waals surface area contributed by atoms with Crippen molar-refractivity contribution in [1.82, 2.24) is 4.90 Å². The normalized spacial score (nSPS) is 20.4. The topological polar surface area (TPSA) is 20.3 Å².